The molecular formula is C22H34N6O. The zero-order valence-corrected chi connectivity index (χ0v) is 18.2. The van der Waals surface area contributed by atoms with Gasteiger partial charge in [-0.3, -0.25) is 4.99 Å². The number of hydrogen-bond acceptors (Lipinski definition) is 5. The van der Waals surface area contributed by atoms with Crippen LogP contribution in [0.4, 0.5) is 5.69 Å². The predicted molar refractivity (Wildman–Crippen MR) is 117 cm³/mol. The molecular weight excluding hydrogens is 364 g/mol. The molecule has 0 unspecified atom stereocenters. The molecule has 0 bridgehead atoms. The SMILES string of the molecule is CN=C(NCCc1nc(C(C)C)no1)N(C)Cc1ccc(N2CCCCC2)cc1. The molecule has 0 spiro atoms. The number of nitrogens with one attached hydrogen (secondary N) is 1. The first kappa shape index (κ1) is 21.1. The van der Waals surface area contributed by atoms with Gasteiger partial charge in [0.2, 0.25) is 5.89 Å². The van der Waals surface area contributed by atoms with Gasteiger partial charge >= 0.3 is 0 Å². The fourth-order valence-corrected chi connectivity index (χ4v) is 3.58. The minimum atomic E-state index is 0.278. The Balaban J connectivity index is 1.48. The number of benzene rings is 1. The highest BCUT2D eigenvalue weighted by molar-refractivity contribution is 5.79. The average molecular weight is 399 g/mol. The molecule has 0 aliphatic carbocycles. The Morgan fingerprint density at radius 2 is 1.93 bits per heavy atom. The Morgan fingerprint density at radius 1 is 1.21 bits per heavy atom. The lowest BCUT2D eigenvalue weighted by Crippen LogP contribution is -2.39. The van der Waals surface area contributed by atoms with Gasteiger partial charge in [0.25, 0.3) is 0 Å². The summed E-state index contributed by atoms with van der Waals surface area (Å²) in [5, 5.41) is 7.39. The van der Waals surface area contributed by atoms with Crippen molar-refractivity contribution in [1.82, 2.24) is 20.4 Å². The molecule has 1 fully saturated rings. The average Bonchev–Trinajstić information content (AvgIpc) is 3.22. The summed E-state index contributed by atoms with van der Waals surface area (Å²) in [6.45, 7) is 7.97. The van der Waals surface area contributed by atoms with E-state index < -0.39 is 0 Å². The lowest BCUT2D eigenvalue weighted by atomic mass is 10.1. The van der Waals surface area contributed by atoms with Crippen molar-refractivity contribution in [3.8, 4) is 0 Å². The number of anilines is 1. The molecule has 1 aromatic heterocycles. The minimum absolute atomic E-state index is 0.278. The molecule has 158 valence electrons. The van der Waals surface area contributed by atoms with Crippen LogP contribution in [-0.4, -0.2) is 54.7 Å². The van der Waals surface area contributed by atoms with Crippen molar-refractivity contribution in [1.29, 1.82) is 0 Å². The molecule has 0 saturated carbocycles. The normalized spacial score (nSPS) is 15.1. The zero-order valence-electron chi connectivity index (χ0n) is 18.2. The Bertz CT molecular complexity index is 777. The van der Waals surface area contributed by atoms with Crippen molar-refractivity contribution in [3.05, 3.63) is 41.5 Å². The van der Waals surface area contributed by atoms with E-state index in [1.807, 2.05) is 7.05 Å². The Labute approximate surface area is 174 Å². The first-order chi connectivity index (χ1) is 14.1. The molecule has 2 aromatic rings. The zero-order chi connectivity index (χ0) is 20.6. The Kier molecular flexibility index (Phi) is 7.49. The van der Waals surface area contributed by atoms with E-state index in [0.29, 0.717) is 18.9 Å². The van der Waals surface area contributed by atoms with Crippen molar-refractivity contribution in [2.24, 2.45) is 4.99 Å². The quantitative estimate of drug-likeness (QED) is 0.569. The molecule has 3 rings (SSSR count). The lowest BCUT2D eigenvalue weighted by molar-refractivity contribution is 0.370. The summed E-state index contributed by atoms with van der Waals surface area (Å²) < 4.78 is 5.30. The third kappa shape index (κ3) is 5.95. The molecule has 1 N–H and O–H groups in total. The number of aromatic nitrogens is 2. The number of guanidine groups is 1. The van der Waals surface area contributed by atoms with E-state index in [4.69, 9.17) is 4.52 Å². The molecule has 0 atom stereocenters. The summed E-state index contributed by atoms with van der Waals surface area (Å²) in [6.07, 6.45) is 4.64. The van der Waals surface area contributed by atoms with Gasteiger partial charge < -0.3 is 19.6 Å². The van der Waals surface area contributed by atoms with E-state index in [0.717, 1.165) is 18.3 Å². The van der Waals surface area contributed by atoms with Crippen LogP contribution in [0.2, 0.25) is 0 Å². The van der Waals surface area contributed by atoms with Gasteiger partial charge in [-0.05, 0) is 37.0 Å². The van der Waals surface area contributed by atoms with Gasteiger partial charge in [-0.25, -0.2) is 0 Å². The molecule has 7 heteroatoms. The van der Waals surface area contributed by atoms with Crippen molar-refractivity contribution in [2.45, 2.75) is 52.0 Å². The number of piperidine rings is 1. The standard InChI is InChI=1S/C22H34N6O/c1-17(2)21-25-20(29-26-21)12-13-24-22(23-3)27(4)16-18-8-10-19(11-9-18)28-14-6-5-7-15-28/h8-11,17H,5-7,12-16H2,1-4H3,(H,23,24). The summed E-state index contributed by atoms with van der Waals surface area (Å²) in [6, 6.07) is 8.93. The second-order valence-corrected chi connectivity index (χ2v) is 8.00. The van der Waals surface area contributed by atoms with Gasteiger partial charge in [0.15, 0.2) is 11.8 Å². The maximum absolute atomic E-state index is 5.30. The van der Waals surface area contributed by atoms with Crippen LogP contribution in [0.3, 0.4) is 0 Å². The lowest BCUT2D eigenvalue weighted by Gasteiger charge is -2.29. The summed E-state index contributed by atoms with van der Waals surface area (Å²) in [5.74, 6) is 2.55. The number of nitrogens with zero attached hydrogens (tertiary/aromatic N) is 5. The van der Waals surface area contributed by atoms with Crippen LogP contribution < -0.4 is 10.2 Å². The van der Waals surface area contributed by atoms with Crippen LogP contribution in [0.1, 0.15) is 56.3 Å². The van der Waals surface area contributed by atoms with Crippen molar-refractivity contribution >= 4 is 11.6 Å². The third-order valence-electron chi connectivity index (χ3n) is 5.27. The summed E-state index contributed by atoms with van der Waals surface area (Å²) >= 11 is 0. The van der Waals surface area contributed by atoms with Gasteiger partial charge in [0.05, 0.1) is 0 Å². The smallest absolute Gasteiger partial charge is 0.228 e. The van der Waals surface area contributed by atoms with Crippen LogP contribution in [0, 0.1) is 0 Å². The maximum Gasteiger partial charge on any atom is 0.228 e. The van der Waals surface area contributed by atoms with Crippen LogP contribution in [0.25, 0.3) is 0 Å². The molecule has 2 heterocycles. The van der Waals surface area contributed by atoms with Crippen LogP contribution >= 0.6 is 0 Å². The third-order valence-corrected chi connectivity index (χ3v) is 5.27. The first-order valence-electron chi connectivity index (χ1n) is 10.6. The van der Waals surface area contributed by atoms with Gasteiger partial charge in [-0.15, -0.1) is 0 Å². The van der Waals surface area contributed by atoms with Gasteiger partial charge in [0, 0.05) is 58.3 Å². The highest BCUT2D eigenvalue weighted by Gasteiger charge is 2.13. The summed E-state index contributed by atoms with van der Waals surface area (Å²) in [5.41, 5.74) is 2.61. The molecule has 1 saturated heterocycles. The number of hydrogen-bond donors (Lipinski definition) is 1. The van der Waals surface area contributed by atoms with E-state index in [1.165, 1.54) is 43.6 Å². The van der Waals surface area contributed by atoms with E-state index in [2.05, 4.69) is 75.4 Å². The molecule has 1 aliphatic rings. The predicted octanol–water partition coefficient (Wildman–Crippen LogP) is 3.43. The number of aliphatic imine (C=N–C) groups is 1. The van der Waals surface area contributed by atoms with Crippen molar-refractivity contribution in [2.75, 3.05) is 38.6 Å². The summed E-state index contributed by atoms with van der Waals surface area (Å²) in [7, 11) is 3.86. The molecule has 0 radical (unpaired) electrons. The fourth-order valence-electron chi connectivity index (χ4n) is 3.58. The molecule has 29 heavy (non-hydrogen) atoms. The molecule has 7 nitrogen and oxygen atoms in total. The second-order valence-electron chi connectivity index (χ2n) is 8.00. The van der Waals surface area contributed by atoms with E-state index >= 15 is 0 Å². The largest absolute Gasteiger partial charge is 0.372 e. The van der Waals surface area contributed by atoms with Gasteiger partial charge in [-0.2, -0.15) is 4.98 Å². The first-order valence-corrected chi connectivity index (χ1v) is 10.6. The second kappa shape index (κ2) is 10.3. The monoisotopic (exact) mass is 398 g/mol. The van der Waals surface area contributed by atoms with Crippen LogP contribution in [-0.2, 0) is 13.0 Å². The van der Waals surface area contributed by atoms with E-state index in [-0.39, 0.29) is 5.92 Å². The van der Waals surface area contributed by atoms with Crippen molar-refractivity contribution in [3.63, 3.8) is 0 Å². The maximum atomic E-state index is 5.30. The van der Waals surface area contributed by atoms with Crippen LogP contribution in [0.5, 0.6) is 0 Å². The highest BCUT2D eigenvalue weighted by atomic mass is 16.5. The molecule has 0 amide bonds. The number of rotatable bonds is 7. The fraction of sp³-hybridized carbons (Fsp3) is 0.591. The Hall–Kier alpha value is -2.57. The van der Waals surface area contributed by atoms with Gasteiger partial charge in [0.1, 0.15) is 0 Å². The summed E-state index contributed by atoms with van der Waals surface area (Å²) in [4.78, 5) is 13.4. The van der Waals surface area contributed by atoms with Crippen LogP contribution in [0.15, 0.2) is 33.8 Å². The van der Waals surface area contributed by atoms with E-state index in [9.17, 15) is 0 Å². The van der Waals surface area contributed by atoms with E-state index in [1.54, 1.807) is 0 Å². The minimum Gasteiger partial charge on any atom is -0.372 e. The topological polar surface area (TPSA) is 69.8 Å². The Morgan fingerprint density at radius 3 is 2.55 bits per heavy atom. The highest BCUT2D eigenvalue weighted by Crippen LogP contribution is 2.20. The van der Waals surface area contributed by atoms with Crippen molar-refractivity contribution < 1.29 is 4.52 Å². The molecule has 1 aliphatic heterocycles. The molecule has 1 aromatic carbocycles. The van der Waals surface area contributed by atoms with Gasteiger partial charge in [-0.1, -0.05) is 31.1 Å².